The van der Waals surface area contributed by atoms with Crippen LogP contribution in [-0.4, -0.2) is 28.3 Å². The van der Waals surface area contributed by atoms with E-state index >= 15 is 0 Å². The Morgan fingerprint density at radius 1 is 0.912 bits per heavy atom. The van der Waals surface area contributed by atoms with Gasteiger partial charge in [-0.15, -0.1) is 0 Å². The maximum atomic E-state index is 13.6. The van der Waals surface area contributed by atoms with E-state index in [0.29, 0.717) is 17.0 Å². The van der Waals surface area contributed by atoms with Gasteiger partial charge in [-0.05, 0) is 55.7 Å². The highest BCUT2D eigenvalue weighted by molar-refractivity contribution is 6.31. The van der Waals surface area contributed by atoms with Gasteiger partial charge in [-0.2, -0.15) is 0 Å². The molecule has 0 fully saturated rings. The second kappa shape index (κ2) is 11.3. The van der Waals surface area contributed by atoms with Crippen LogP contribution in [0.15, 0.2) is 78.9 Å². The minimum atomic E-state index is -0.758. The van der Waals surface area contributed by atoms with E-state index in [0.717, 1.165) is 11.1 Å². The van der Waals surface area contributed by atoms with Crippen LogP contribution in [0.25, 0.3) is 0 Å². The number of nitrogens with one attached hydrogen (secondary N) is 1. The summed E-state index contributed by atoms with van der Waals surface area (Å²) in [5.74, 6) is -0.844. The van der Waals surface area contributed by atoms with Crippen molar-refractivity contribution in [1.82, 2.24) is 10.2 Å². The summed E-state index contributed by atoms with van der Waals surface area (Å²) in [5, 5.41) is 3.56. The number of benzene rings is 3. The first-order valence-electron chi connectivity index (χ1n) is 11.3. The van der Waals surface area contributed by atoms with Crippen LogP contribution < -0.4 is 5.32 Å². The summed E-state index contributed by atoms with van der Waals surface area (Å²) in [7, 11) is 0. The summed E-state index contributed by atoms with van der Waals surface area (Å²) < 4.78 is 13.4. The molecule has 4 nitrogen and oxygen atoms in total. The predicted octanol–water partition coefficient (Wildman–Crippen LogP) is 5.58. The lowest BCUT2D eigenvalue weighted by Gasteiger charge is -2.34. The first-order chi connectivity index (χ1) is 16.1. The van der Waals surface area contributed by atoms with Gasteiger partial charge in [0.15, 0.2) is 0 Å². The van der Waals surface area contributed by atoms with E-state index in [4.69, 9.17) is 11.6 Å². The van der Waals surface area contributed by atoms with Crippen LogP contribution in [0.4, 0.5) is 4.39 Å². The zero-order chi connectivity index (χ0) is 24.7. The Bertz CT molecular complexity index is 1110. The quantitative estimate of drug-likeness (QED) is 0.457. The van der Waals surface area contributed by atoms with Crippen molar-refractivity contribution in [3.63, 3.8) is 0 Å². The fourth-order valence-corrected chi connectivity index (χ4v) is 3.89. The third-order valence-corrected chi connectivity index (χ3v) is 5.71. The highest BCUT2D eigenvalue weighted by Crippen LogP contribution is 2.22. The van der Waals surface area contributed by atoms with Gasteiger partial charge in [-0.3, -0.25) is 9.59 Å². The van der Waals surface area contributed by atoms with E-state index in [1.165, 1.54) is 12.1 Å². The molecular weight excluding hydrogens is 451 g/mol. The minimum Gasteiger partial charge on any atom is -0.350 e. The van der Waals surface area contributed by atoms with Crippen LogP contribution in [0.2, 0.25) is 5.02 Å². The van der Waals surface area contributed by atoms with Gasteiger partial charge in [0.2, 0.25) is 11.8 Å². The van der Waals surface area contributed by atoms with E-state index in [1.807, 2.05) is 69.3 Å². The maximum Gasteiger partial charge on any atom is 0.243 e. The Morgan fingerprint density at radius 3 is 2.15 bits per heavy atom. The van der Waals surface area contributed by atoms with Crippen molar-refractivity contribution in [3.05, 3.63) is 106 Å². The fourth-order valence-electron chi connectivity index (χ4n) is 3.70. The summed E-state index contributed by atoms with van der Waals surface area (Å²) >= 11 is 6.42. The number of carbonyl (C=O) groups excluding carboxylic acids is 2. The highest BCUT2D eigenvalue weighted by Gasteiger charge is 2.32. The first kappa shape index (κ1) is 25.4. The summed E-state index contributed by atoms with van der Waals surface area (Å²) in [6, 6.07) is 22.0. The highest BCUT2D eigenvalue weighted by atomic mass is 35.5. The molecule has 0 radical (unpaired) electrons. The van der Waals surface area contributed by atoms with Crippen molar-refractivity contribution < 1.29 is 14.0 Å². The topological polar surface area (TPSA) is 49.4 Å². The Labute approximate surface area is 205 Å². The third kappa shape index (κ3) is 7.42. The van der Waals surface area contributed by atoms with Crippen molar-refractivity contribution in [2.24, 2.45) is 0 Å². The molecule has 0 bridgehead atoms. The number of nitrogens with zero attached hydrogens (tertiary/aromatic N) is 1. The molecule has 3 aromatic carbocycles. The Hall–Kier alpha value is -3.18. The molecule has 6 heteroatoms. The van der Waals surface area contributed by atoms with E-state index in [9.17, 15) is 14.0 Å². The van der Waals surface area contributed by atoms with Crippen LogP contribution in [0.5, 0.6) is 0 Å². The third-order valence-electron chi connectivity index (χ3n) is 5.34. The molecule has 1 N–H and O–H groups in total. The van der Waals surface area contributed by atoms with Crippen molar-refractivity contribution in [3.8, 4) is 0 Å². The molecule has 0 spiro atoms. The normalized spacial score (nSPS) is 12.1. The molecular formula is C28H30ClFN2O2. The summed E-state index contributed by atoms with van der Waals surface area (Å²) in [4.78, 5) is 28.7. The monoisotopic (exact) mass is 480 g/mol. The lowest BCUT2D eigenvalue weighted by Crippen LogP contribution is -2.54. The Balaban J connectivity index is 1.99. The smallest absolute Gasteiger partial charge is 0.243 e. The Kier molecular flexibility index (Phi) is 8.46. The van der Waals surface area contributed by atoms with Gasteiger partial charge in [0.05, 0.1) is 6.42 Å². The zero-order valence-corrected chi connectivity index (χ0v) is 20.5. The lowest BCUT2D eigenvalue weighted by molar-refractivity contribution is -0.141. The van der Waals surface area contributed by atoms with E-state index in [-0.39, 0.29) is 30.6 Å². The molecule has 178 valence electrons. The minimum absolute atomic E-state index is 0.0405. The lowest BCUT2D eigenvalue weighted by atomic mass is 10.00. The molecule has 3 aromatic rings. The molecule has 0 aliphatic carbocycles. The molecule has 0 heterocycles. The second-order valence-corrected chi connectivity index (χ2v) is 9.77. The molecule has 0 unspecified atom stereocenters. The summed E-state index contributed by atoms with van der Waals surface area (Å²) in [6.45, 7) is 5.89. The number of amides is 2. The van der Waals surface area contributed by atoms with Crippen molar-refractivity contribution in [2.75, 3.05) is 0 Å². The van der Waals surface area contributed by atoms with E-state index < -0.39 is 11.6 Å². The molecule has 0 aromatic heterocycles. The maximum absolute atomic E-state index is 13.6. The van der Waals surface area contributed by atoms with Crippen molar-refractivity contribution in [1.29, 1.82) is 0 Å². The molecule has 0 aliphatic heterocycles. The average molecular weight is 481 g/mol. The zero-order valence-electron chi connectivity index (χ0n) is 19.7. The van der Waals surface area contributed by atoms with Crippen LogP contribution >= 0.6 is 11.6 Å². The largest absolute Gasteiger partial charge is 0.350 e. The molecule has 0 aliphatic rings. The molecule has 2 amide bonds. The number of hydrogen-bond acceptors (Lipinski definition) is 2. The van der Waals surface area contributed by atoms with Crippen molar-refractivity contribution >= 4 is 23.4 Å². The standard InChI is InChI=1S/C28H30ClFN2O2/c1-28(2,3)31-27(34)25(17-20-9-5-4-6-10-20)32(19-22-11-7-8-12-24(22)29)26(33)18-21-13-15-23(30)16-14-21/h4-16,25H,17-19H2,1-3H3,(H,31,34)/t25-/m0/s1. The van der Waals surface area contributed by atoms with Gasteiger partial charge in [0.25, 0.3) is 0 Å². The van der Waals surface area contributed by atoms with Crippen LogP contribution in [0.1, 0.15) is 37.5 Å². The second-order valence-electron chi connectivity index (χ2n) is 9.36. The van der Waals surface area contributed by atoms with E-state index in [1.54, 1.807) is 23.1 Å². The molecule has 0 saturated carbocycles. The van der Waals surface area contributed by atoms with Gasteiger partial charge in [-0.25, -0.2) is 4.39 Å². The Morgan fingerprint density at radius 2 is 1.53 bits per heavy atom. The molecule has 0 saturated heterocycles. The van der Waals surface area contributed by atoms with Gasteiger partial charge in [-0.1, -0.05) is 72.3 Å². The summed E-state index contributed by atoms with van der Waals surface area (Å²) in [5.41, 5.74) is 1.89. The van der Waals surface area contributed by atoms with Gasteiger partial charge in [0.1, 0.15) is 11.9 Å². The van der Waals surface area contributed by atoms with Gasteiger partial charge >= 0.3 is 0 Å². The van der Waals surface area contributed by atoms with Crippen LogP contribution in [0, 0.1) is 5.82 Å². The molecule has 34 heavy (non-hydrogen) atoms. The number of hydrogen-bond donors (Lipinski definition) is 1. The SMILES string of the molecule is CC(C)(C)NC(=O)[C@H](Cc1ccccc1)N(Cc1ccccc1Cl)C(=O)Cc1ccc(F)cc1. The van der Waals surface area contributed by atoms with Crippen LogP contribution in [-0.2, 0) is 29.0 Å². The average Bonchev–Trinajstić information content (AvgIpc) is 2.78. The molecule has 3 rings (SSSR count). The predicted molar refractivity (Wildman–Crippen MR) is 134 cm³/mol. The summed E-state index contributed by atoms with van der Waals surface area (Å²) in [6.07, 6.45) is 0.390. The first-order valence-corrected chi connectivity index (χ1v) is 11.6. The number of carbonyl (C=O) groups is 2. The van der Waals surface area contributed by atoms with Crippen molar-refractivity contribution in [2.45, 2.75) is 51.7 Å². The molecule has 1 atom stereocenters. The van der Waals surface area contributed by atoms with Gasteiger partial charge < -0.3 is 10.2 Å². The van der Waals surface area contributed by atoms with Gasteiger partial charge in [0, 0.05) is 23.5 Å². The van der Waals surface area contributed by atoms with E-state index in [2.05, 4.69) is 5.32 Å². The fraction of sp³-hybridized carbons (Fsp3) is 0.286. The van der Waals surface area contributed by atoms with Crippen LogP contribution in [0.3, 0.4) is 0 Å². The number of rotatable bonds is 8. The number of halogens is 2.